The lowest BCUT2D eigenvalue weighted by molar-refractivity contribution is -0.137. The van der Waals surface area contributed by atoms with Gasteiger partial charge in [0, 0.05) is 0 Å². The molecule has 0 saturated carbocycles. The van der Waals surface area contributed by atoms with Crippen LogP contribution in [0.3, 0.4) is 0 Å². The van der Waals surface area contributed by atoms with Gasteiger partial charge in [-0.25, -0.2) is 0 Å². The van der Waals surface area contributed by atoms with Crippen LogP contribution < -0.4 is 4.84 Å². The second-order valence-electron chi connectivity index (χ2n) is 4.27. The minimum absolute atomic E-state index is 0.0451. The van der Waals surface area contributed by atoms with Crippen LogP contribution in [0.1, 0.15) is 16.7 Å². The maximum atomic E-state index is 12.5. The smallest absolute Gasteiger partial charge is 0.357 e. The van der Waals surface area contributed by atoms with Gasteiger partial charge in [-0.2, -0.15) is 13.2 Å². The molecule has 2 aromatic rings. The van der Waals surface area contributed by atoms with Crippen molar-refractivity contribution in [1.82, 2.24) is 0 Å². The van der Waals surface area contributed by atoms with Gasteiger partial charge in [0.15, 0.2) is 5.75 Å². The van der Waals surface area contributed by atoms with Gasteiger partial charge in [-0.15, -0.1) is 0 Å². The Morgan fingerprint density at radius 1 is 1.05 bits per heavy atom. The summed E-state index contributed by atoms with van der Waals surface area (Å²) < 4.78 is 37.5. The van der Waals surface area contributed by atoms with Crippen LogP contribution in [0.25, 0.3) is 0 Å². The molecule has 0 atom stereocenters. The Bertz CT molecular complexity index is 621. The average molecular weight is 279 g/mol. The van der Waals surface area contributed by atoms with Gasteiger partial charge in [-0.05, 0) is 30.7 Å². The van der Waals surface area contributed by atoms with Gasteiger partial charge in [0.1, 0.15) is 0 Å². The quantitative estimate of drug-likeness (QED) is 0.601. The molecule has 0 fully saturated rings. The summed E-state index contributed by atoms with van der Waals surface area (Å²) in [6, 6.07) is 12.1. The minimum atomic E-state index is -4.39. The largest absolute Gasteiger partial charge is 0.416 e. The molecule has 0 aliphatic rings. The van der Waals surface area contributed by atoms with Gasteiger partial charge in [0.2, 0.25) is 0 Å². The molecule has 5 heteroatoms. The zero-order chi connectivity index (χ0) is 14.6. The second-order valence-corrected chi connectivity index (χ2v) is 4.27. The summed E-state index contributed by atoms with van der Waals surface area (Å²) in [6.45, 7) is 1.94. The molecule has 0 unspecified atom stereocenters. The molecule has 0 aromatic heterocycles. The third-order valence-electron chi connectivity index (χ3n) is 2.56. The van der Waals surface area contributed by atoms with Gasteiger partial charge in [0.05, 0.1) is 11.8 Å². The van der Waals surface area contributed by atoms with E-state index in [4.69, 9.17) is 4.84 Å². The zero-order valence-electron chi connectivity index (χ0n) is 10.7. The predicted octanol–water partition coefficient (Wildman–Crippen LogP) is 4.43. The van der Waals surface area contributed by atoms with E-state index in [1.165, 1.54) is 18.3 Å². The summed E-state index contributed by atoms with van der Waals surface area (Å²) in [5, 5.41) is 3.68. The molecule has 0 aliphatic carbocycles. The molecule has 0 heterocycles. The van der Waals surface area contributed by atoms with Crippen molar-refractivity contribution in [2.45, 2.75) is 13.1 Å². The maximum Gasteiger partial charge on any atom is 0.416 e. The molecule has 0 bridgehead atoms. The first-order valence-corrected chi connectivity index (χ1v) is 5.89. The van der Waals surface area contributed by atoms with Gasteiger partial charge in [-0.1, -0.05) is 41.1 Å². The minimum Gasteiger partial charge on any atom is -0.357 e. The third-order valence-corrected chi connectivity index (χ3v) is 2.56. The number of oxime groups is 1. The fourth-order valence-electron chi connectivity index (χ4n) is 1.63. The Morgan fingerprint density at radius 3 is 2.50 bits per heavy atom. The molecule has 20 heavy (non-hydrogen) atoms. The highest BCUT2D eigenvalue weighted by atomic mass is 19.4. The number of halogens is 3. The van der Waals surface area contributed by atoms with Crippen LogP contribution in [0.2, 0.25) is 0 Å². The molecule has 2 nitrogen and oxygen atoms in total. The van der Waals surface area contributed by atoms with E-state index in [2.05, 4.69) is 5.16 Å². The standard InChI is InChI=1S/C15H12F3NO/c1-11-4-2-5-12(8-11)10-19-20-14-7-3-6-13(9-14)15(16,17)18/h2-10H,1H3/b19-10-. The fraction of sp³-hybridized carbons (Fsp3) is 0.133. The number of aryl methyl sites for hydroxylation is 1. The van der Waals surface area contributed by atoms with Crippen molar-refractivity contribution in [1.29, 1.82) is 0 Å². The van der Waals surface area contributed by atoms with Crippen molar-refractivity contribution < 1.29 is 18.0 Å². The van der Waals surface area contributed by atoms with Crippen LogP contribution in [0.15, 0.2) is 53.7 Å². The van der Waals surface area contributed by atoms with Gasteiger partial charge >= 0.3 is 6.18 Å². The Morgan fingerprint density at radius 2 is 1.80 bits per heavy atom. The zero-order valence-corrected chi connectivity index (χ0v) is 10.7. The highest BCUT2D eigenvalue weighted by molar-refractivity contribution is 5.79. The first-order chi connectivity index (χ1) is 9.45. The van der Waals surface area contributed by atoms with Crippen molar-refractivity contribution in [3.8, 4) is 5.75 Å². The summed E-state index contributed by atoms with van der Waals surface area (Å²) >= 11 is 0. The molecule has 0 radical (unpaired) electrons. The van der Waals surface area contributed by atoms with E-state index in [0.29, 0.717) is 0 Å². The van der Waals surface area contributed by atoms with Crippen LogP contribution in [0, 0.1) is 6.92 Å². The summed E-state index contributed by atoms with van der Waals surface area (Å²) in [6.07, 6.45) is -2.94. The Labute approximate surface area is 114 Å². The Balaban J connectivity index is 2.08. The lowest BCUT2D eigenvalue weighted by atomic mass is 10.2. The average Bonchev–Trinajstić information content (AvgIpc) is 2.38. The molecule has 2 aromatic carbocycles. The Kier molecular flexibility index (Phi) is 4.08. The highest BCUT2D eigenvalue weighted by Crippen LogP contribution is 2.31. The molecular weight excluding hydrogens is 267 g/mol. The number of alkyl halides is 3. The lowest BCUT2D eigenvalue weighted by Crippen LogP contribution is -2.04. The molecule has 0 N–H and O–H groups in total. The molecule has 104 valence electrons. The van der Waals surface area contributed by atoms with Crippen molar-refractivity contribution in [2.75, 3.05) is 0 Å². The highest BCUT2D eigenvalue weighted by Gasteiger charge is 2.30. The summed E-state index contributed by atoms with van der Waals surface area (Å²) in [7, 11) is 0. The van der Waals surface area contributed by atoms with Gasteiger partial charge in [-0.3, -0.25) is 0 Å². The van der Waals surface area contributed by atoms with Crippen LogP contribution in [-0.4, -0.2) is 6.21 Å². The molecule has 0 amide bonds. The molecule has 0 saturated heterocycles. The number of hydrogen-bond donors (Lipinski definition) is 0. The fourth-order valence-corrected chi connectivity index (χ4v) is 1.63. The van der Waals surface area contributed by atoms with E-state index < -0.39 is 11.7 Å². The SMILES string of the molecule is Cc1cccc(/C=N\Oc2cccc(C(F)(F)F)c2)c1. The lowest BCUT2D eigenvalue weighted by Gasteiger charge is -2.07. The van der Waals surface area contributed by atoms with E-state index in [9.17, 15) is 13.2 Å². The molecule has 0 aliphatic heterocycles. The summed E-state index contributed by atoms with van der Waals surface area (Å²) in [4.78, 5) is 4.96. The van der Waals surface area contributed by atoms with Crippen molar-refractivity contribution in [3.63, 3.8) is 0 Å². The van der Waals surface area contributed by atoms with Gasteiger partial charge in [0.25, 0.3) is 0 Å². The third kappa shape index (κ3) is 3.85. The predicted molar refractivity (Wildman–Crippen MR) is 70.8 cm³/mol. The number of benzene rings is 2. The maximum absolute atomic E-state index is 12.5. The van der Waals surface area contributed by atoms with Crippen LogP contribution in [0.4, 0.5) is 13.2 Å². The first kappa shape index (κ1) is 14.1. The van der Waals surface area contributed by atoms with Crippen LogP contribution >= 0.6 is 0 Å². The van der Waals surface area contributed by atoms with E-state index >= 15 is 0 Å². The van der Waals surface area contributed by atoms with E-state index in [1.807, 2.05) is 31.2 Å². The van der Waals surface area contributed by atoms with E-state index in [1.54, 1.807) is 0 Å². The van der Waals surface area contributed by atoms with Crippen molar-refractivity contribution >= 4 is 6.21 Å². The summed E-state index contributed by atoms with van der Waals surface area (Å²) in [5.74, 6) is 0.0451. The van der Waals surface area contributed by atoms with Crippen molar-refractivity contribution in [2.24, 2.45) is 5.16 Å². The summed E-state index contributed by atoms with van der Waals surface area (Å²) in [5.41, 5.74) is 1.12. The Hall–Kier alpha value is -2.30. The van der Waals surface area contributed by atoms with Crippen molar-refractivity contribution in [3.05, 3.63) is 65.2 Å². The number of nitrogens with zero attached hydrogens (tertiary/aromatic N) is 1. The molecule has 2 rings (SSSR count). The molecule has 0 spiro atoms. The number of hydrogen-bond acceptors (Lipinski definition) is 2. The topological polar surface area (TPSA) is 21.6 Å². The monoisotopic (exact) mass is 279 g/mol. The van der Waals surface area contributed by atoms with E-state index in [0.717, 1.165) is 23.3 Å². The second kappa shape index (κ2) is 5.77. The normalized spacial score (nSPS) is 11.8. The van der Waals surface area contributed by atoms with Gasteiger partial charge < -0.3 is 4.84 Å². The van der Waals surface area contributed by atoms with Crippen LogP contribution in [0.5, 0.6) is 5.75 Å². The number of rotatable bonds is 3. The first-order valence-electron chi connectivity index (χ1n) is 5.89. The van der Waals surface area contributed by atoms with E-state index in [-0.39, 0.29) is 5.75 Å². The molecular formula is C15H12F3NO. The van der Waals surface area contributed by atoms with Crippen LogP contribution in [-0.2, 0) is 6.18 Å².